The average molecular weight is 223 g/mol. The van der Waals surface area contributed by atoms with Gasteiger partial charge in [-0.2, -0.15) is 5.21 Å². The Labute approximate surface area is 89.7 Å². The van der Waals surface area contributed by atoms with Crippen molar-refractivity contribution in [2.45, 2.75) is 13.8 Å². The second-order valence-electron chi connectivity index (χ2n) is 3.02. The van der Waals surface area contributed by atoms with E-state index in [0.29, 0.717) is 5.56 Å². The number of nitrogens with zero attached hydrogens (tertiary/aromatic N) is 3. The highest BCUT2D eigenvalue weighted by Gasteiger charge is 2.13. The van der Waals surface area contributed by atoms with Crippen LogP contribution in [0.3, 0.4) is 0 Å². The van der Waals surface area contributed by atoms with E-state index in [1.54, 1.807) is 11.3 Å². The number of H-pyrrole nitrogens is 1. The molecule has 1 amide bonds. The zero-order chi connectivity index (χ0) is 10.8. The number of aromatic nitrogens is 4. The Bertz CT molecular complexity index is 475. The summed E-state index contributed by atoms with van der Waals surface area (Å²) < 4.78 is 0. The van der Waals surface area contributed by atoms with Crippen molar-refractivity contribution in [3.8, 4) is 0 Å². The fourth-order valence-electron chi connectivity index (χ4n) is 1.12. The zero-order valence-corrected chi connectivity index (χ0v) is 9.05. The second kappa shape index (κ2) is 3.77. The number of amides is 1. The molecule has 2 N–H and O–H groups in total. The summed E-state index contributed by atoms with van der Waals surface area (Å²) in [5.41, 5.74) is 1.64. The molecular formula is C8H9N5OS. The molecule has 0 aliphatic heterocycles. The van der Waals surface area contributed by atoms with E-state index in [-0.39, 0.29) is 11.9 Å². The Balaban J connectivity index is 2.19. The number of carbonyl (C=O) groups is 1. The van der Waals surface area contributed by atoms with Gasteiger partial charge in [0, 0.05) is 10.3 Å². The van der Waals surface area contributed by atoms with Crippen molar-refractivity contribution >= 4 is 23.2 Å². The molecule has 0 saturated carbocycles. The van der Waals surface area contributed by atoms with Gasteiger partial charge in [-0.25, -0.2) is 0 Å². The molecule has 2 aromatic heterocycles. The van der Waals surface area contributed by atoms with E-state index >= 15 is 0 Å². The molecule has 2 rings (SSSR count). The van der Waals surface area contributed by atoms with Gasteiger partial charge in [0.25, 0.3) is 11.9 Å². The molecule has 0 saturated heterocycles. The lowest BCUT2D eigenvalue weighted by molar-refractivity contribution is 0.102. The predicted octanol–water partition coefficient (Wildman–Crippen LogP) is 1.13. The maximum Gasteiger partial charge on any atom is 0.270 e. The van der Waals surface area contributed by atoms with Gasteiger partial charge in [0.15, 0.2) is 0 Å². The maximum atomic E-state index is 11.7. The minimum Gasteiger partial charge on any atom is -0.288 e. The topological polar surface area (TPSA) is 83.6 Å². The Morgan fingerprint density at radius 3 is 2.87 bits per heavy atom. The van der Waals surface area contributed by atoms with Crippen molar-refractivity contribution in [2.24, 2.45) is 0 Å². The number of nitrogens with one attached hydrogen (secondary N) is 2. The number of aryl methyl sites for hydroxylation is 1. The van der Waals surface area contributed by atoms with Crippen molar-refractivity contribution in [2.75, 3.05) is 5.32 Å². The van der Waals surface area contributed by atoms with E-state index < -0.39 is 0 Å². The van der Waals surface area contributed by atoms with Crippen LogP contribution < -0.4 is 5.32 Å². The molecule has 0 aromatic carbocycles. The van der Waals surface area contributed by atoms with Crippen LogP contribution >= 0.6 is 11.3 Å². The van der Waals surface area contributed by atoms with Crippen LogP contribution in [0.1, 0.15) is 20.8 Å². The molecule has 2 heterocycles. The average Bonchev–Trinajstić information content (AvgIpc) is 2.79. The molecule has 0 radical (unpaired) electrons. The van der Waals surface area contributed by atoms with E-state index in [1.807, 2.05) is 19.2 Å². The van der Waals surface area contributed by atoms with E-state index in [4.69, 9.17) is 0 Å². The smallest absolute Gasteiger partial charge is 0.270 e. The third-order valence-corrected chi connectivity index (χ3v) is 3.11. The Morgan fingerprint density at radius 2 is 2.33 bits per heavy atom. The van der Waals surface area contributed by atoms with E-state index in [2.05, 4.69) is 25.9 Å². The highest BCUT2D eigenvalue weighted by molar-refractivity contribution is 7.10. The lowest BCUT2D eigenvalue weighted by atomic mass is 10.2. The van der Waals surface area contributed by atoms with Crippen LogP contribution in [0.2, 0.25) is 0 Å². The molecule has 0 spiro atoms. The van der Waals surface area contributed by atoms with Crippen LogP contribution in [0.5, 0.6) is 0 Å². The van der Waals surface area contributed by atoms with Crippen molar-refractivity contribution in [1.82, 2.24) is 20.6 Å². The first-order chi connectivity index (χ1) is 7.18. The van der Waals surface area contributed by atoms with Gasteiger partial charge in [-0.05, 0) is 24.6 Å². The third-order valence-electron chi connectivity index (χ3n) is 2.10. The summed E-state index contributed by atoms with van der Waals surface area (Å²) in [4.78, 5) is 12.9. The van der Waals surface area contributed by atoms with Gasteiger partial charge in [-0.15, -0.1) is 16.4 Å². The van der Waals surface area contributed by atoms with Crippen molar-refractivity contribution in [1.29, 1.82) is 0 Å². The fraction of sp³-hybridized carbons (Fsp3) is 0.250. The van der Waals surface area contributed by atoms with Crippen LogP contribution in [0, 0.1) is 13.8 Å². The van der Waals surface area contributed by atoms with Crippen LogP contribution in [-0.4, -0.2) is 26.5 Å². The molecule has 78 valence electrons. The molecule has 7 heteroatoms. The van der Waals surface area contributed by atoms with Crippen LogP contribution in [0.15, 0.2) is 5.38 Å². The standard InChI is InChI=1S/C8H9N5OS/c1-4-5(2)15-3-6(4)7(14)9-8-10-12-13-11-8/h3H,1-2H3,(H2,9,10,11,12,13,14). The normalized spacial score (nSPS) is 10.3. The summed E-state index contributed by atoms with van der Waals surface area (Å²) in [6.45, 7) is 3.89. The number of rotatable bonds is 2. The molecule has 6 nitrogen and oxygen atoms in total. The van der Waals surface area contributed by atoms with Gasteiger partial charge >= 0.3 is 0 Å². The van der Waals surface area contributed by atoms with Gasteiger partial charge in [-0.1, -0.05) is 5.10 Å². The summed E-state index contributed by atoms with van der Waals surface area (Å²) in [6.07, 6.45) is 0. The highest BCUT2D eigenvalue weighted by atomic mass is 32.1. The number of hydrogen-bond donors (Lipinski definition) is 2. The number of tetrazole rings is 1. The number of carbonyl (C=O) groups excluding carboxylic acids is 1. The molecule has 15 heavy (non-hydrogen) atoms. The molecule has 0 aliphatic carbocycles. The summed E-state index contributed by atoms with van der Waals surface area (Å²) in [6, 6.07) is 0. The van der Waals surface area contributed by atoms with Crippen LogP contribution in [0.25, 0.3) is 0 Å². The molecule has 0 aliphatic rings. The van der Waals surface area contributed by atoms with Crippen molar-refractivity contribution in [3.63, 3.8) is 0 Å². The predicted molar refractivity (Wildman–Crippen MR) is 55.9 cm³/mol. The van der Waals surface area contributed by atoms with E-state index in [0.717, 1.165) is 10.4 Å². The number of anilines is 1. The first-order valence-electron chi connectivity index (χ1n) is 4.28. The Hall–Kier alpha value is -1.76. The lowest BCUT2D eigenvalue weighted by Crippen LogP contribution is -2.13. The molecule has 0 unspecified atom stereocenters. The Kier molecular flexibility index (Phi) is 2.46. The van der Waals surface area contributed by atoms with Gasteiger partial charge in [0.05, 0.1) is 5.56 Å². The van der Waals surface area contributed by atoms with Gasteiger partial charge < -0.3 is 0 Å². The second-order valence-corrected chi connectivity index (χ2v) is 4.10. The first-order valence-corrected chi connectivity index (χ1v) is 5.16. The van der Waals surface area contributed by atoms with Gasteiger partial charge in [-0.3, -0.25) is 10.1 Å². The monoisotopic (exact) mass is 223 g/mol. The molecule has 2 aromatic rings. The SMILES string of the molecule is Cc1scc(C(=O)Nc2nn[nH]n2)c1C. The number of aromatic amines is 1. The minimum absolute atomic E-state index is 0.184. The summed E-state index contributed by atoms with van der Waals surface area (Å²) in [5.74, 6) is -0.0264. The minimum atomic E-state index is -0.210. The summed E-state index contributed by atoms with van der Waals surface area (Å²) >= 11 is 1.55. The molecule has 0 bridgehead atoms. The zero-order valence-electron chi connectivity index (χ0n) is 8.24. The maximum absolute atomic E-state index is 11.7. The van der Waals surface area contributed by atoms with Gasteiger partial charge in [0.2, 0.25) is 0 Å². The van der Waals surface area contributed by atoms with Crippen LogP contribution in [-0.2, 0) is 0 Å². The summed E-state index contributed by atoms with van der Waals surface area (Å²) in [7, 11) is 0. The number of hydrogen-bond acceptors (Lipinski definition) is 5. The quantitative estimate of drug-likeness (QED) is 0.799. The Morgan fingerprint density at radius 1 is 1.53 bits per heavy atom. The van der Waals surface area contributed by atoms with Gasteiger partial charge in [0.1, 0.15) is 0 Å². The largest absolute Gasteiger partial charge is 0.288 e. The summed E-state index contributed by atoms with van der Waals surface area (Å²) in [5, 5.41) is 17.3. The molecule has 0 fully saturated rings. The fourth-order valence-corrected chi connectivity index (χ4v) is 1.99. The van der Waals surface area contributed by atoms with Crippen molar-refractivity contribution < 1.29 is 4.79 Å². The lowest BCUT2D eigenvalue weighted by Gasteiger charge is -1.99. The highest BCUT2D eigenvalue weighted by Crippen LogP contribution is 2.20. The van der Waals surface area contributed by atoms with Crippen molar-refractivity contribution in [3.05, 3.63) is 21.4 Å². The van der Waals surface area contributed by atoms with E-state index in [1.165, 1.54) is 0 Å². The number of thiophene rings is 1. The molecular weight excluding hydrogens is 214 g/mol. The van der Waals surface area contributed by atoms with Crippen LogP contribution in [0.4, 0.5) is 5.95 Å². The molecule has 0 atom stereocenters. The van der Waals surface area contributed by atoms with E-state index in [9.17, 15) is 4.79 Å². The third kappa shape index (κ3) is 1.86. The first kappa shape index (κ1) is 9.78.